The van der Waals surface area contributed by atoms with Crippen molar-refractivity contribution in [3.8, 4) is 0 Å². The number of halogens is 3. The van der Waals surface area contributed by atoms with Crippen LogP contribution < -0.4 is 5.32 Å². The fourth-order valence-corrected chi connectivity index (χ4v) is 5.33. The summed E-state index contributed by atoms with van der Waals surface area (Å²) in [6.45, 7) is 10.1. The Morgan fingerprint density at radius 2 is 1.53 bits per heavy atom. The van der Waals surface area contributed by atoms with Gasteiger partial charge in [0, 0.05) is 5.92 Å². The zero-order valence-corrected chi connectivity index (χ0v) is 20.4. The van der Waals surface area contributed by atoms with Gasteiger partial charge in [-0.3, -0.25) is 19.3 Å². The summed E-state index contributed by atoms with van der Waals surface area (Å²) in [4.78, 5) is 38.9. The Balaban J connectivity index is 2.43. The van der Waals surface area contributed by atoms with Crippen LogP contribution in [0.5, 0.6) is 0 Å². The summed E-state index contributed by atoms with van der Waals surface area (Å²) < 4.78 is 49.0. The number of carbonyl (C=O) groups excluding carboxylic acids is 3. The fraction of sp³-hybridized carbons (Fsp3) is 0.591. The Morgan fingerprint density at radius 3 is 1.88 bits per heavy atom. The van der Waals surface area contributed by atoms with Gasteiger partial charge >= 0.3 is 6.18 Å². The second kappa shape index (κ2) is 8.97. The van der Waals surface area contributed by atoms with Gasteiger partial charge in [0.15, 0.2) is 0 Å². The molecular weight excluding hydrogens is 441 g/mol. The van der Waals surface area contributed by atoms with Gasteiger partial charge in [-0.25, -0.2) is 0 Å². The van der Waals surface area contributed by atoms with E-state index in [0.29, 0.717) is 0 Å². The fourth-order valence-electron chi connectivity index (χ4n) is 4.25. The quantitative estimate of drug-likeness (QED) is 0.367. The van der Waals surface area contributed by atoms with Crippen molar-refractivity contribution in [3.05, 3.63) is 35.4 Å². The predicted molar refractivity (Wildman–Crippen MR) is 115 cm³/mol. The zero-order chi connectivity index (χ0) is 24.6. The van der Waals surface area contributed by atoms with Gasteiger partial charge in [0.25, 0.3) is 11.8 Å². The molecule has 0 saturated heterocycles. The van der Waals surface area contributed by atoms with Crippen LogP contribution in [0, 0.1) is 17.3 Å². The van der Waals surface area contributed by atoms with Crippen molar-refractivity contribution < 1.29 is 32.0 Å². The number of amides is 3. The maximum Gasteiger partial charge on any atom is 0.396 e. The molecule has 1 heterocycles. The molecule has 0 bridgehead atoms. The van der Waals surface area contributed by atoms with E-state index in [9.17, 15) is 27.6 Å². The Kier molecular flexibility index (Phi) is 7.31. The second-order valence-electron chi connectivity index (χ2n) is 9.59. The van der Waals surface area contributed by atoms with E-state index in [1.54, 1.807) is 39.1 Å². The number of carbonyl (C=O) groups is 3. The van der Waals surface area contributed by atoms with Gasteiger partial charge in [0.2, 0.25) is 14.9 Å². The van der Waals surface area contributed by atoms with Crippen LogP contribution in [0.3, 0.4) is 0 Å². The Morgan fingerprint density at radius 1 is 1.06 bits per heavy atom. The average Bonchev–Trinajstić information content (AvgIpc) is 2.83. The van der Waals surface area contributed by atoms with Crippen molar-refractivity contribution in [2.45, 2.75) is 59.6 Å². The molecule has 1 radical (unpaired) electrons. The number of imide groups is 1. The molecular formula is C22H30F3N2O4Si. The molecule has 3 amide bonds. The largest absolute Gasteiger partial charge is 0.396 e. The molecule has 0 aromatic heterocycles. The first kappa shape index (κ1) is 26.1. The maximum absolute atomic E-state index is 14.3. The summed E-state index contributed by atoms with van der Waals surface area (Å²) in [6, 6.07) is 6.12. The normalized spacial score (nSPS) is 17.6. The van der Waals surface area contributed by atoms with Crippen LogP contribution in [0.1, 0.15) is 55.3 Å². The smallest absolute Gasteiger partial charge is 0.394 e. The third-order valence-corrected chi connectivity index (χ3v) is 6.11. The lowest BCUT2D eigenvalue weighted by molar-refractivity contribution is -0.265. The van der Waals surface area contributed by atoms with Gasteiger partial charge in [-0.05, 0) is 30.6 Å². The van der Waals surface area contributed by atoms with E-state index in [1.807, 2.05) is 0 Å². The van der Waals surface area contributed by atoms with Crippen LogP contribution in [-0.4, -0.2) is 50.1 Å². The van der Waals surface area contributed by atoms with Crippen LogP contribution in [-0.2, 0) is 9.22 Å². The van der Waals surface area contributed by atoms with Gasteiger partial charge in [0.1, 0.15) is 18.2 Å². The highest BCUT2D eigenvalue weighted by Crippen LogP contribution is 2.49. The van der Waals surface area contributed by atoms with Crippen LogP contribution in [0.25, 0.3) is 0 Å². The van der Waals surface area contributed by atoms with Crippen molar-refractivity contribution in [3.63, 3.8) is 0 Å². The molecule has 1 aliphatic heterocycles. The van der Waals surface area contributed by atoms with Crippen molar-refractivity contribution in [1.29, 1.82) is 0 Å². The molecule has 2 unspecified atom stereocenters. The molecule has 6 nitrogen and oxygen atoms in total. The first-order chi connectivity index (χ1) is 14.5. The van der Waals surface area contributed by atoms with Crippen molar-refractivity contribution in [2.75, 3.05) is 6.54 Å². The third kappa shape index (κ3) is 5.06. The molecule has 2 rings (SSSR count). The van der Waals surface area contributed by atoms with E-state index in [0.717, 1.165) is 4.90 Å². The Labute approximate surface area is 188 Å². The monoisotopic (exact) mass is 471 g/mol. The van der Waals surface area contributed by atoms with Gasteiger partial charge in [0.05, 0.1) is 11.1 Å². The molecule has 1 N–H and O–H groups in total. The second-order valence-corrected chi connectivity index (χ2v) is 11.6. The molecule has 0 spiro atoms. The average molecular weight is 472 g/mol. The van der Waals surface area contributed by atoms with Gasteiger partial charge < -0.3 is 9.74 Å². The molecule has 1 aromatic rings. The molecule has 1 aliphatic rings. The van der Waals surface area contributed by atoms with Crippen LogP contribution in [0.4, 0.5) is 13.2 Å². The van der Waals surface area contributed by atoms with E-state index in [4.69, 9.17) is 4.43 Å². The summed E-state index contributed by atoms with van der Waals surface area (Å²) in [7, 11) is -1.70. The molecule has 1 aromatic carbocycles. The van der Waals surface area contributed by atoms with E-state index in [2.05, 4.69) is 5.32 Å². The van der Waals surface area contributed by atoms with Crippen LogP contribution in [0.2, 0.25) is 13.1 Å². The molecule has 2 atom stereocenters. The first-order valence-electron chi connectivity index (χ1n) is 10.3. The number of fused-ring (bicyclic) bond motifs is 1. The molecule has 0 saturated carbocycles. The number of hydrogen-bond donors (Lipinski definition) is 1. The SMILES string of the molecule is CC(C)C(NC(=O)CN1C(=O)c2ccccc2C1=O)(O[Si](C)C)C(C(C)(C)C)C(F)(F)F. The summed E-state index contributed by atoms with van der Waals surface area (Å²) in [5, 5.41) is 2.47. The zero-order valence-electron chi connectivity index (χ0n) is 19.4. The number of rotatable bonds is 7. The minimum atomic E-state index is -4.68. The minimum Gasteiger partial charge on any atom is -0.394 e. The predicted octanol–water partition coefficient (Wildman–Crippen LogP) is 4.24. The lowest BCUT2D eigenvalue weighted by Crippen LogP contribution is -2.68. The van der Waals surface area contributed by atoms with Gasteiger partial charge in [-0.2, -0.15) is 13.2 Å². The molecule has 0 fully saturated rings. The third-order valence-electron chi connectivity index (χ3n) is 5.37. The van der Waals surface area contributed by atoms with Crippen molar-refractivity contribution in [1.82, 2.24) is 10.2 Å². The highest BCUT2D eigenvalue weighted by molar-refractivity contribution is 6.48. The highest BCUT2D eigenvalue weighted by atomic mass is 28.3. The highest BCUT2D eigenvalue weighted by Gasteiger charge is 2.61. The molecule has 177 valence electrons. The van der Waals surface area contributed by atoms with E-state index < -0.39 is 62.5 Å². The number of nitrogens with zero attached hydrogens (tertiary/aromatic N) is 1. The number of alkyl halides is 3. The van der Waals surface area contributed by atoms with Crippen molar-refractivity contribution in [2.24, 2.45) is 17.3 Å². The van der Waals surface area contributed by atoms with Crippen LogP contribution >= 0.6 is 0 Å². The van der Waals surface area contributed by atoms with Crippen molar-refractivity contribution >= 4 is 26.8 Å². The molecule has 0 aliphatic carbocycles. The number of hydrogen-bond acceptors (Lipinski definition) is 4. The first-order valence-corrected chi connectivity index (χ1v) is 12.7. The topological polar surface area (TPSA) is 75.7 Å². The number of nitrogens with one attached hydrogen (secondary N) is 1. The van der Waals surface area contributed by atoms with E-state index in [-0.39, 0.29) is 11.1 Å². The van der Waals surface area contributed by atoms with E-state index >= 15 is 0 Å². The Hall–Kier alpha value is -2.20. The Bertz CT molecular complexity index is 847. The standard InChI is InChI=1S/C22H30F3N2O4Si/c1-13(2)21(31-32(6)7,19(20(3,4)5)22(23,24)25)26-16(28)12-27-17(29)14-10-8-9-11-15(14)18(27)30/h8-11,13,19H,12H2,1-7H3,(H,26,28). The number of benzene rings is 1. The lowest BCUT2D eigenvalue weighted by Gasteiger charge is -2.50. The lowest BCUT2D eigenvalue weighted by atomic mass is 9.70. The molecule has 10 heteroatoms. The summed E-state index contributed by atoms with van der Waals surface area (Å²) in [5.74, 6) is -4.99. The summed E-state index contributed by atoms with van der Waals surface area (Å²) in [6.07, 6.45) is -4.68. The minimum absolute atomic E-state index is 0.159. The summed E-state index contributed by atoms with van der Waals surface area (Å²) in [5.41, 5.74) is -3.05. The van der Waals surface area contributed by atoms with Gasteiger partial charge in [-0.1, -0.05) is 46.8 Å². The van der Waals surface area contributed by atoms with E-state index in [1.165, 1.54) is 32.9 Å². The summed E-state index contributed by atoms with van der Waals surface area (Å²) >= 11 is 0. The molecule has 32 heavy (non-hydrogen) atoms. The van der Waals surface area contributed by atoms with Crippen LogP contribution in [0.15, 0.2) is 24.3 Å². The van der Waals surface area contributed by atoms with Gasteiger partial charge in [-0.15, -0.1) is 0 Å². The maximum atomic E-state index is 14.3.